The number of ether oxygens (including phenoxy) is 2. The lowest BCUT2D eigenvalue weighted by Crippen LogP contribution is -2.14. The molecule has 0 spiro atoms. The van der Waals surface area contributed by atoms with Gasteiger partial charge in [-0.3, -0.25) is 0 Å². The van der Waals surface area contributed by atoms with E-state index in [1.54, 1.807) is 25.3 Å². The van der Waals surface area contributed by atoms with Gasteiger partial charge in [0.1, 0.15) is 17.0 Å². The van der Waals surface area contributed by atoms with Crippen molar-refractivity contribution in [2.24, 2.45) is 0 Å². The van der Waals surface area contributed by atoms with Crippen molar-refractivity contribution >= 4 is 28.6 Å². The van der Waals surface area contributed by atoms with Crippen LogP contribution in [-0.2, 0) is 9.53 Å². The van der Waals surface area contributed by atoms with Crippen molar-refractivity contribution in [3.8, 4) is 17.2 Å². The van der Waals surface area contributed by atoms with E-state index in [0.29, 0.717) is 24.1 Å². The minimum absolute atomic E-state index is 0.122. The molecule has 1 N–H and O–H groups in total. The highest BCUT2D eigenvalue weighted by atomic mass is 16.6. The standard InChI is InChI=1S/C23H21N3O4/c1-3-28-21(27)14-29-18-10-8-17(9-11-18)25-23-24-13-15(2)22(26-23)20-12-16-6-4-5-7-19(16)30-20/h4-13H,3,14H2,1-2H3,(H,24,25,26). The molecule has 4 rings (SSSR count). The van der Waals surface area contributed by atoms with E-state index in [4.69, 9.17) is 13.9 Å². The molecule has 0 aliphatic rings. The minimum Gasteiger partial charge on any atom is -0.482 e. The Bertz CT molecular complexity index is 1140. The third-order valence-corrected chi connectivity index (χ3v) is 4.40. The summed E-state index contributed by atoms with van der Waals surface area (Å²) in [5.41, 5.74) is 3.26. The van der Waals surface area contributed by atoms with Gasteiger partial charge in [0.25, 0.3) is 0 Å². The van der Waals surface area contributed by atoms with Crippen LogP contribution in [0.1, 0.15) is 12.5 Å². The zero-order valence-electron chi connectivity index (χ0n) is 16.7. The van der Waals surface area contributed by atoms with E-state index in [1.165, 1.54) is 0 Å². The van der Waals surface area contributed by atoms with Gasteiger partial charge in [-0.15, -0.1) is 0 Å². The summed E-state index contributed by atoms with van der Waals surface area (Å²) < 4.78 is 16.2. The zero-order valence-corrected chi connectivity index (χ0v) is 16.7. The van der Waals surface area contributed by atoms with Crippen molar-refractivity contribution in [2.45, 2.75) is 13.8 Å². The first-order chi connectivity index (χ1) is 14.6. The molecule has 7 heteroatoms. The molecule has 0 atom stereocenters. The van der Waals surface area contributed by atoms with E-state index in [-0.39, 0.29) is 6.61 Å². The van der Waals surface area contributed by atoms with Gasteiger partial charge in [-0.05, 0) is 55.8 Å². The van der Waals surface area contributed by atoms with Gasteiger partial charge in [-0.25, -0.2) is 14.8 Å². The first-order valence-electron chi connectivity index (χ1n) is 9.60. The van der Waals surface area contributed by atoms with E-state index >= 15 is 0 Å². The number of aromatic nitrogens is 2. The highest BCUT2D eigenvalue weighted by Crippen LogP contribution is 2.29. The molecule has 30 heavy (non-hydrogen) atoms. The number of aryl methyl sites for hydroxylation is 1. The number of nitrogens with zero attached hydrogens (tertiary/aromatic N) is 2. The van der Waals surface area contributed by atoms with Crippen LogP contribution in [0.4, 0.5) is 11.6 Å². The Labute approximate surface area is 173 Å². The number of carbonyl (C=O) groups excluding carboxylic acids is 1. The predicted molar refractivity (Wildman–Crippen MR) is 114 cm³/mol. The summed E-state index contributed by atoms with van der Waals surface area (Å²) in [5.74, 6) is 1.32. The number of esters is 1. The van der Waals surface area contributed by atoms with Gasteiger partial charge in [-0.1, -0.05) is 18.2 Å². The summed E-state index contributed by atoms with van der Waals surface area (Å²) in [7, 11) is 0. The summed E-state index contributed by atoms with van der Waals surface area (Å²) in [5, 5.41) is 4.20. The second-order valence-corrected chi connectivity index (χ2v) is 6.62. The molecule has 152 valence electrons. The number of fused-ring (bicyclic) bond motifs is 1. The van der Waals surface area contributed by atoms with Gasteiger partial charge in [-0.2, -0.15) is 0 Å². The maximum Gasteiger partial charge on any atom is 0.344 e. The summed E-state index contributed by atoms with van der Waals surface area (Å²) in [6, 6.07) is 17.0. The topological polar surface area (TPSA) is 86.5 Å². The van der Waals surface area contributed by atoms with Gasteiger partial charge >= 0.3 is 5.97 Å². The van der Waals surface area contributed by atoms with Gasteiger partial charge < -0.3 is 19.2 Å². The van der Waals surface area contributed by atoms with E-state index in [1.807, 2.05) is 49.4 Å². The molecule has 0 aliphatic carbocycles. The second kappa shape index (κ2) is 8.65. The molecule has 4 aromatic rings. The Balaban J connectivity index is 1.48. The number of furan rings is 1. The summed E-state index contributed by atoms with van der Waals surface area (Å²) in [6.07, 6.45) is 1.76. The van der Waals surface area contributed by atoms with Crippen LogP contribution < -0.4 is 10.1 Å². The molecular formula is C23H21N3O4. The second-order valence-electron chi connectivity index (χ2n) is 6.62. The van der Waals surface area contributed by atoms with Crippen LogP contribution in [0, 0.1) is 6.92 Å². The summed E-state index contributed by atoms with van der Waals surface area (Å²) in [6.45, 7) is 3.91. The number of hydrogen-bond donors (Lipinski definition) is 1. The van der Waals surface area contributed by atoms with Crippen molar-refractivity contribution in [1.82, 2.24) is 9.97 Å². The van der Waals surface area contributed by atoms with E-state index in [9.17, 15) is 4.79 Å². The van der Waals surface area contributed by atoms with Crippen molar-refractivity contribution in [3.63, 3.8) is 0 Å². The SMILES string of the molecule is CCOC(=O)COc1ccc(Nc2ncc(C)c(-c3cc4ccccc4o3)n2)cc1. The predicted octanol–water partition coefficient (Wildman–Crippen LogP) is 4.88. The minimum atomic E-state index is -0.397. The highest BCUT2D eigenvalue weighted by molar-refractivity contribution is 5.82. The fraction of sp³-hybridized carbons (Fsp3) is 0.174. The lowest BCUT2D eigenvalue weighted by molar-refractivity contribution is -0.145. The molecule has 0 aliphatic heterocycles. The monoisotopic (exact) mass is 403 g/mol. The van der Waals surface area contributed by atoms with E-state index in [2.05, 4.69) is 15.3 Å². The average molecular weight is 403 g/mol. The van der Waals surface area contributed by atoms with Crippen LogP contribution in [0.3, 0.4) is 0 Å². The van der Waals surface area contributed by atoms with Crippen LogP contribution in [0.2, 0.25) is 0 Å². The van der Waals surface area contributed by atoms with E-state index < -0.39 is 5.97 Å². The first-order valence-corrected chi connectivity index (χ1v) is 9.60. The van der Waals surface area contributed by atoms with Crippen LogP contribution in [0.15, 0.2) is 65.2 Å². The average Bonchev–Trinajstić information content (AvgIpc) is 3.19. The number of para-hydroxylation sites is 1. The van der Waals surface area contributed by atoms with Gasteiger partial charge in [0, 0.05) is 17.3 Å². The van der Waals surface area contributed by atoms with Crippen LogP contribution in [0.5, 0.6) is 5.75 Å². The van der Waals surface area contributed by atoms with Gasteiger partial charge in [0.2, 0.25) is 5.95 Å². The Hall–Kier alpha value is -3.87. The smallest absolute Gasteiger partial charge is 0.344 e. The third-order valence-electron chi connectivity index (χ3n) is 4.40. The van der Waals surface area contributed by atoms with Gasteiger partial charge in [0.15, 0.2) is 12.4 Å². The van der Waals surface area contributed by atoms with Crippen molar-refractivity contribution in [1.29, 1.82) is 0 Å². The molecule has 2 heterocycles. The Kier molecular flexibility index (Phi) is 5.61. The number of hydrogen-bond acceptors (Lipinski definition) is 7. The molecule has 0 bridgehead atoms. The normalized spacial score (nSPS) is 10.7. The molecule has 0 radical (unpaired) electrons. The van der Waals surface area contributed by atoms with Crippen LogP contribution >= 0.6 is 0 Å². The molecule has 2 aromatic heterocycles. The quantitative estimate of drug-likeness (QED) is 0.440. The Morgan fingerprint density at radius 1 is 1.13 bits per heavy atom. The maximum atomic E-state index is 11.4. The number of anilines is 2. The summed E-state index contributed by atoms with van der Waals surface area (Å²) in [4.78, 5) is 20.4. The maximum absolute atomic E-state index is 11.4. The highest BCUT2D eigenvalue weighted by Gasteiger charge is 2.12. The lowest BCUT2D eigenvalue weighted by atomic mass is 10.2. The van der Waals surface area contributed by atoms with Crippen molar-refractivity contribution in [3.05, 3.63) is 66.4 Å². The lowest BCUT2D eigenvalue weighted by Gasteiger charge is -2.09. The zero-order chi connectivity index (χ0) is 20.9. The number of benzene rings is 2. The molecule has 7 nitrogen and oxygen atoms in total. The fourth-order valence-electron chi connectivity index (χ4n) is 2.96. The number of carbonyl (C=O) groups is 1. The molecule has 0 amide bonds. The Morgan fingerprint density at radius 2 is 1.93 bits per heavy atom. The van der Waals surface area contributed by atoms with E-state index in [0.717, 1.165) is 27.9 Å². The molecular weight excluding hydrogens is 382 g/mol. The molecule has 0 fully saturated rings. The molecule has 0 saturated heterocycles. The largest absolute Gasteiger partial charge is 0.482 e. The molecule has 0 unspecified atom stereocenters. The summed E-state index contributed by atoms with van der Waals surface area (Å²) >= 11 is 0. The van der Waals surface area contributed by atoms with Crippen molar-refractivity contribution < 1.29 is 18.7 Å². The number of rotatable bonds is 7. The molecule has 2 aromatic carbocycles. The van der Waals surface area contributed by atoms with Crippen LogP contribution in [0.25, 0.3) is 22.4 Å². The number of nitrogens with one attached hydrogen (secondary N) is 1. The van der Waals surface area contributed by atoms with Crippen LogP contribution in [-0.4, -0.2) is 29.2 Å². The Morgan fingerprint density at radius 3 is 2.70 bits per heavy atom. The van der Waals surface area contributed by atoms with Crippen molar-refractivity contribution in [2.75, 3.05) is 18.5 Å². The molecule has 0 saturated carbocycles. The third kappa shape index (κ3) is 4.41. The first kappa shape index (κ1) is 19.4. The fourth-order valence-corrected chi connectivity index (χ4v) is 2.96. The van der Waals surface area contributed by atoms with Gasteiger partial charge in [0.05, 0.1) is 6.61 Å².